The number of hydrogen-bond donors (Lipinski definition) is 3. The zero-order chi connectivity index (χ0) is 21.3. The first-order valence-corrected chi connectivity index (χ1v) is 9.60. The van der Waals surface area contributed by atoms with Gasteiger partial charge in [0.15, 0.2) is 11.6 Å². The Morgan fingerprint density at radius 3 is 2.67 bits per heavy atom. The van der Waals surface area contributed by atoms with Crippen LogP contribution in [-0.4, -0.2) is 67.4 Å². The molecule has 0 saturated carbocycles. The number of carbonyl (C=O) groups excluding carboxylic acids is 2. The second-order valence-corrected chi connectivity index (χ2v) is 7.16. The van der Waals surface area contributed by atoms with Crippen molar-refractivity contribution in [1.29, 1.82) is 0 Å². The van der Waals surface area contributed by atoms with Gasteiger partial charge in [-0.3, -0.25) is 19.7 Å². The van der Waals surface area contributed by atoms with Crippen LogP contribution in [0, 0.1) is 11.6 Å². The monoisotopic (exact) mass is 423 g/mol. The molecule has 0 unspecified atom stereocenters. The van der Waals surface area contributed by atoms with Gasteiger partial charge in [-0.2, -0.15) is 0 Å². The summed E-state index contributed by atoms with van der Waals surface area (Å²) in [6.45, 7) is 3.24. The average Bonchev–Trinajstić information content (AvgIpc) is 3.25. The van der Waals surface area contributed by atoms with Gasteiger partial charge >= 0.3 is 6.09 Å². The first kappa shape index (κ1) is 20.2. The zero-order valence-electron chi connectivity index (χ0n) is 16.4. The van der Waals surface area contributed by atoms with E-state index in [0.29, 0.717) is 26.2 Å². The third kappa shape index (κ3) is 4.09. The second-order valence-electron chi connectivity index (χ2n) is 7.16. The van der Waals surface area contributed by atoms with Crippen molar-refractivity contribution >= 4 is 23.4 Å². The fraction of sp³-hybridized carbons (Fsp3) is 0.444. The summed E-state index contributed by atoms with van der Waals surface area (Å²) in [5.74, 6) is -1.71. The number of cyclic esters (lactones) is 1. The summed E-state index contributed by atoms with van der Waals surface area (Å²) < 4.78 is 35.1. The Hall–Kier alpha value is -3.12. The molecule has 3 aliphatic heterocycles. The summed E-state index contributed by atoms with van der Waals surface area (Å²) in [5, 5.41) is 3.12. The standard InChI is InChI=1S/C18H23F2N7O3/c1-12(28)27-7-6-24(4-3-22-27)17-15(19)8-13(9-16(17)20)26-11-14(30-18(26)29)10-25-5-2-21-23-25/h2,5,8-9,14,21-23H,3-4,6-7,10-11H2,1H3/t14-/m0/s1. The maximum absolute atomic E-state index is 14.9. The lowest BCUT2D eigenvalue weighted by Crippen LogP contribution is -2.42. The van der Waals surface area contributed by atoms with Gasteiger partial charge in [0.2, 0.25) is 5.91 Å². The van der Waals surface area contributed by atoms with Gasteiger partial charge < -0.3 is 15.1 Å². The molecule has 12 heteroatoms. The number of anilines is 2. The summed E-state index contributed by atoms with van der Waals surface area (Å²) in [4.78, 5) is 26.5. The molecule has 1 aromatic carbocycles. The summed E-state index contributed by atoms with van der Waals surface area (Å²) >= 11 is 0. The first-order chi connectivity index (χ1) is 14.4. The highest BCUT2D eigenvalue weighted by atomic mass is 19.1. The Labute approximate surface area is 171 Å². The Morgan fingerprint density at radius 2 is 2.00 bits per heavy atom. The molecular weight excluding hydrogens is 400 g/mol. The van der Waals surface area contributed by atoms with Gasteiger partial charge in [0.1, 0.15) is 11.8 Å². The predicted octanol–water partition coefficient (Wildman–Crippen LogP) is 0.259. The second kappa shape index (κ2) is 8.32. The zero-order valence-corrected chi connectivity index (χ0v) is 16.4. The topological polar surface area (TPSA) is 92.4 Å². The summed E-state index contributed by atoms with van der Waals surface area (Å²) in [6.07, 6.45) is 2.31. The molecule has 0 radical (unpaired) electrons. The van der Waals surface area contributed by atoms with Crippen LogP contribution in [0.1, 0.15) is 6.92 Å². The van der Waals surface area contributed by atoms with E-state index in [1.165, 1.54) is 16.8 Å². The normalized spacial score (nSPS) is 21.7. The van der Waals surface area contributed by atoms with Crippen molar-refractivity contribution in [3.05, 3.63) is 36.2 Å². The minimum absolute atomic E-state index is 0.0996. The number of hydrogen-bond acceptors (Lipinski definition) is 8. The van der Waals surface area contributed by atoms with Gasteiger partial charge in [-0.05, 0) is 0 Å². The van der Waals surface area contributed by atoms with Crippen molar-refractivity contribution in [3.8, 4) is 0 Å². The smallest absolute Gasteiger partial charge is 0.414 e. The molecule has 0 aliphatic carbocycles. The van der Waals surface area contributed by atoms with E-state index in [2.05, 4.69) is 16.4 Å². The largest absolute Gasteiger partial charge is 0.442 e. The van der Waals surface area contributed by atoms with Crippen LogP contribution >= 0.6 is 0 Å². The van der Waals surface area contributed by atoms with E-state index in [9.17, 15) is 18.4 Å². The van der Waals surface area contributed by atoms with E-state index in [-0.39, 0.29) is 30.4 Å². The molecule has 1 aromatic rings. The minimum atomic E-state index is -0.772. The molecule has 1 atom stereocenters. The van der Waals surface area contributed by atoms with E-state index in [1.807, 2.05) is 0 Å². The number of nitrogens with zero attached hydrogens (tertiary/aromatic N) is 4. The molecule has 0 aromatic heterocycles. The van der Waals surface area contributed by atoms with Crippen LogP contribution < -0.4 is 26.2 Å². The minimum Gasteiger partial charge on any atom is -0.442 e. The van der Waals surface area contributed by atoms with Crippen LogP contribution in [-0.2, 0) is 9.53 Å². The Balaban J connectivity index is 1.48. The van der Waals surface area contributed by atoms with Crippen LogP contribution in [0.3, 0.4) is 0 Å². The van der Waals surface area contributed by atoms with E-state index < -0.39 is 23.8 Å². The van der Waals surface area contributed by atoms with Crippen LogP contribution in [0.2, 0.25) is 0 Å². The quantitative estimate of drug-likeness (QED) is 0.635. The maximum atomic E-state index is 14.9. The van der Waals surface area contributed by atoms with E-state index in [1.54, 1.807) is 22.3 Å². The molecule has 162 valence electrons. The highest BCUT2D eigenvalue weighted by Crippen LogP contribution is 2.31. The average molecular weight is 423 g/mol. The van der Waals surface area contributed by atoms with Crippen molar-refractivity contribution in [3.63, 3.8) is 0 Å². The molecule has 0 bridgehead atoms. The van der Waals surface area contributed by atoms with E-state index in [0.717, 1.165) is 12.1 Å². The lowest BCUT2D eigenvalue weighted by molar-refractivity contribution is -0.131. The molecule has 4 rings (SSSR count). The number of nitrogens with one attached hydrogen (secondary N) is 3. The van der Waals surface area contributed by atoms with Crippen LogP contribution in [0.5, 0.6) is 0 Å². The number of benzene rings is 1. The van der Waals surface area contributed by atoms with Crippen LogP contribution in [0.4, 0.5) is 25.0 Å². The third-order valence-electron chi connectivity index (χ3n) is 5.11. The predicted molar refractivity (Wildman–Crippen MR) is 104 cm³/mol. The molecular formula is C18H23F2N7O3. The fourth-order valence-corrected chi connectivity index (χ4v) is 3.67. The fourth-order valence-electron chi connectivity index (χ4n) is 3.67. The van der Waals surface area contributed by atoms with Crippen LogP contribution in [0.15, 0.2) is 24.5 Å². The van der Waals surface area contributed by atoms with Crippen molar-refractivity contribution < 1.29 is 23.1 Å². The lowest BCUT2D eigenvalue weighted by Gasteiger charge is -2.25. The Bertz CT molecular complexity index is 845. The lowest BCUT2D eigenvalue weighted by atomic mass is 10.2. The van der Waals surface area contributed by atoms with E-state index >= 15 is 0 Å². The molecule has 2 fully saturated rings. The number of hydrazine groups is 3. The van der Waals surface area contributed by atoms with Gasteiger partial charge in [-0.15, -0.1) is 5.53 Å². The van der Waals surface area contributed by atoms with Crippen molar-refractivity contribution in [1.82, 2.24) is 26.4 Å². The third-order valence-corrected chi connectivity index (χ3v) is 5.11. The molecule has 3 heterocycles. The maximum Gasteiger partial charge on any atom is 0.414 e. The molecule has 3 N–H and O–H groups in total. The van der Waals surface area contributed by atoms with Gasteiger partial charge in [-0.25, -0.2) is 19.0 Å². The molecule has 3 aliphatic rings. The molecule has 2 amide bonds. The van der Waals surface area contributed by atoms with Gasteiger partial charge in [-0.1, -0.05) is 0 Å². The van der Waals surface area contributed by atoms with Crippen molar-refractivity contribution in [2.45, 2.75) is 13.0 Å². The summed E-state index contributed by atoms with van der Waals surface area (Å²) in [6, 6.07) is 2.28. The van der Waals surface area contributed by atoms with Crippen molar-refractivity contribution in [2.75, 3.05) is 49.1 Å². The highest BCUT2D eigenvalue weighted by molar-refractivity contribution is 5.90. The summed E-state index contributed by atoms with van der Waals surface area (Å²) in [5.41, 5.74) is 8.47. The number of halogens is 2. The number of amides is 2. The molecule has 10 nitrogen and oxygen atoms in total. The number of rotatable bonds is 4. The molecule has 30 heavy (non-hydrogen) atoms. The van der Waals surface area contributed by atoms with Gasteiger partial charge in [0.05, 0.1) is 25.3 Å². The Morgan fingerprint density at radius 1 is 1.23 bits per heavy atom. The van der Waals surface area contributed by atoms with Crippen molar-refractivity contribution in [2.24, 2.45) is 0 Å². The van der Waals surface area contributed by atoms with Gasteiger partial charge in [0, 0.05) is 51.1 Å². The summed E-state index contributed by atoms with van der Waals surface area (Å²) in [7, 11) is 0. The highest BCUT2D eigenvalue weighted by Gasteiger charge is 2.35. The van der Waals surface area contributed by atoms with E-state index in [4.69, 9.17) is 4.74 Å². The van der Waals surface area contributed by atoms with Gasteiger partial charge in [0.25, 0.3) is 0 Å². The molecule has 0 spiro atoms. The number of carbonyl (C=O) groups is 2. The SMILES string of the molecule is CC(=O)N1CCN(c2c(F)cc(N3C[C@H](CN4C=CNN4)OC3=O)cc2F)CCN1. The molecule has 2 saturated heterocycles. The first-order valence-electron chi connectivity index (χ1n) is 9.60. The number of ether oxygens (including phenoxy) is 1. The Kier molecular flexibility index (Phi) is 5.59. The van der Waals surface area contributed by atoms with Crippen LogP contribution in [0.25, 0.3) is 0 Å².